The highest BCUT2D eigenvalue weighted by Gasteiger charge is 2.35. The number of hydrogen-bond acceptors (Lipinski definition) is 2. The summed E-state index contributed by atoms with van der Waals surface area (Å²) in [7, 11) is 0. The summed E-state index contributed by atoms with van der Waals surface area (Å²) in [5.41, 5.74) is -0.655. The molecule has 0 aromatic heterocycles. The summed E-state index contributed by atoms with van der Waals surface area (Å²) in [4.78, 5) is 0. The lowest BCUT2D eigenvalue weighted by atomic mass is 9.78. The van der Waals surface area contributed by atoms with E-state index in [0.29, 0.717) is 11.8 Å². The largest absolute Gasteiger partial charge is 0.418 e. The van der Waals surface area contributed by atoms with Crippen LogP contribution in [0.25, 0.3) is 0 Å². The van der Waals surface area contributed by atoms with Crippen molar-refractivity contribution in [2.24, 2.45) is 11.8 Å². The molecule has 5 heteroatoms. The second kappa shape index (κ2) is 5.97. The van der Waals surface area contributed by atoms with Crippen molar-refractivity contribution in [2.45, 2.75) is 45.3 Å². The van der Waals surface area contributed by atoms with Gasteiger partial charge < -0.3 is 5.32 Å². The Balaban J connectivity index is 2.29. The zero-order chi connectivity index (χ0) is 15.6. The summed E-state index contributed by atoms with van der Waals surface area (Å²) in [6, 6.07) is 5.51. The second-order valence-electron chi connectivity index (χ2n) is 5.89. The molecule has 0 bridgehead atoms. The molecule has 0 amide bonds. The van der Waals surface area contributed by atoms with Crippen LogP contribution in [0.1, 0.15) is 44.2 Å². The molecule has 2 rings (SSSR count). The van der Waals surface area contributed by atoms with Crippen molar-refractivity contribution in [1.29, 1.82) is 5.26 Å². The van der Waals surface area contributed by atoms with E-state index in [1.165, 1.54) is 12.1 Å². The maximum atomic E-state index is 13.1. The molecule has 1 aliphatic rings. The fourth-order valence-electron chi connectivity index (χ4n) is 2.96. The summed E-state index contributed by atoms with van der Waals surface area (Å²) < 4.78 is 39.4. The first kappa shape index (κ1) is 15.7. The third-order valence-corrected chi connectivity index (χ3v) is 4.50. The minimum absolute atomic E-state index is 0.0259. The Morgan fingerprint density at radius 2 is 1.95 bits per heavy atom. The molecule has 0 spiro atoms. The lowest BCUT2D eigenvalue weighted by Gasteiger charge is -2.35. The van der Waals surface area contributed by atoms with E-state index in [4.69, 9.17) is 5.26 Å². The number of rotatable bonds is 2. The second-order valence-corrected chi connectivity index (χ2v) is 5.89. The van der Waals surface area contributed by atoms with E-state index in [1.807, 2.05) is 0 Å². The van der Waals surface area contributed by atoms with Crippen LogP contribution in [-0.2, 0) is 6.18 Å². The van der Waals surface area contributed by atoms with Gasteiger partial charge in [0.1, 0.15) is 0 Å². The highest BCUT2D eigenvalue weighted by Crippen LogP contribution is 2.38. The molecule has 21 heavy (non-hydrogen) atoms. The van der Waals surface area contributed by atoms with Gasteiger partial charge in [0.05, 0.1) is 17.2 Å². The number of hydrogen-bond donors (Lipinski definition) is 1. The lowest BCUT2D eigenvalue weighted by molar-refractivity contribution is -0.137. The molecular weight excluding hydrogens is 277 g/mol. The van der Waals surface area contributed by atoms with E-state index < -0.39 is 11.7 Å². The Morgan fingerprint density at radius 1 is 1.24 bits per heavy atom. The number of anilines is 1. The number of nitrogens with zero attached hydrogens (tertiary/aromatic N) is 1. The first-order valence-corrected chi connectivity index (χ1v) is 7.21. The van der Waals surface area contributed by atoms with E-state index in [1.54, 1.807) is 6.07 Å². The molecule has 0 saturated heterocycles. The predicted molar refractivity (Wildman–Crippen MR) is 75.7 cm³/mol. The number of alkyl halides is 3. The number of halogens is 3. The zero-order valence-corrected chi connectivity index (χ0v) is 12.2. The third-order valence-electron chi connectivity index (χ3n) is 4.50. The van der Waals surface area contributed by atoms with E-state index >= 15 is 0 Å². The summed E-state index contributed by atoms with van der Waals surface area (Å²) in [5, 5.41) is 11.8. The van der Waals surface area contributed by atoms with Gasteiger partial charge in [-0.3, -0.25) is 0 Å². The van der Waals surface area contributed by atoms with Crippen LogP contribution in [0.15, 0.2) is 18.2 Å². The highest BCUT2D eigenvalue weighted by atomic mass is 19.4. The molecule has 1 saturated carbocycles. The SMILES string of the molecule is CC1CCCC(Nc2ccc(C#N)cc2C(F)(F)F)C1C. The summed E-state index contributed by atoms with van der Waals surface area (Å²) in [6.07, 6.45) is -1.43. The molecule has 1 N–H and O–H groups in total. The number of benzene rings is 1. The van der Waals surface area contributed by atoms with Crippen molar-refractivity contribution < 1.29 is 13.2 Å². The monoisotopic (exact) mass is 296 g/mol. The van der Waals surface area contributed by atoms with E-state index in [2.05, 4.69) is 19.2 Å². The van der Waals surface area contributed by atoms with Gasteiger partial charge in [-0.05, 0) is 36.5 Å². The molecule has 0 radical (unpaired) electrons. The average Bonchev–Trinajstić information content (AvgIpc) is 2.43. The molecule has 0 aliphatic heterocycles. The number of nitriles is 1. The summed E-state index contributed by atoms with van der Waals surface area (Å²) in [5.74, 6) is 0.833. The van der Waals surface area contributed by atoms with Gasteiger partial charge in [-0.15, -0.1) is 0 Å². The standard InChI is InChI=1S/C16H19F3N2/c1-10-4-3-5-14(11(10)2)21-15-7-6-12(9-20)8-13(15)16(17,18)19/h6-8,10-11,14,21H,3-5H2,1-2H3. The van der Waals surface area contributed by atoms with Gasteiger partial charge in [0, 0.05) is 11.7 Å². The lowest BCUT2D eigenvalue weighted by Crippen LogP contribution is -2.35. The minimum atomic E-state index is -4.46. The Morgan fingerprint density at radius 3 is 2.57 bits per heavy atom. The van der Waals surface area contributed by atoms with Crippen molar-refractivity contribution in [3.05, 3.63) is 29.3 Å². The van der Waals surface area contributed by atoms with Crippen LogP contribution in [0, 0.1) is 23.2 Å². The molecule has 0 heterocycles. The van der Waals surface area contributed by atoms with Crippen LogP contribution in [0.4, 0.5) is 18.9 Å². The molecule has 1 aromatic carbocycles. The van der Waals surface area contributed by atoms with E-state index in [9.17, 15) is 13.2 Å². The van der Waals surface area contributed by atoms with Crippen molar-refractivity contribution in [3.8, 4) is 6.07 Å². The molecule has 1 aromatic rings. The van der Waals surface area contributed by atoms with Gasteiger partial charge in [-0.2, -0.15) is 18.4 Å². The Hall–Kier alpha value is -1.70. The van der Waals surface area contributed by atoms with E-state index in [-0.39, 0.29) is 17.3 Å². The van der Waals surface area contributed by atoms with Gasteiger partial charge in [-0.1, -0.05) is 26.7 Å². The first-order chi connectivity index (χ1) is 9.82. The molecule has 2 nitrogen and oxygen atoms in total. The maximum absolute atomic E-state index is 13.1. The summed E-state index contributed by atoms with van der Waals surface area (Å²) in [6.45, 7) is 4.22. The van der Waals surface area contributed by atoms with Crippen LogP contribution in [0.3, 0.4) is 0 Å². The molecule has 114 valence electrons. The van der Waals surface area contributed by atoms with Crippen LogP contribution >= 0.6 is 0 Å². The zero-order valence-electron chi connectivity index (χ0n) is 12.2. The topological polar surface area (TPSA) is 35.8 Å². The van der Waals surface area contributed by atoms with Crippen molar-refractivity contribution in [3.63, 3.8) is 0 Å². The van der Waals surface area contributed by atoms with Crippen LogP contribution in [0.2, 0.25) is 0 Å². The van der Waals surface area contributed by atoms with Crippen LogP contribution in [-0.4, -0.2) is 6.04 Å². The van der Waals surface area contributed by atoms with Crippen molar-refractivity contribution in [1.82, 2.24) is 0 Å². The Bertz CT molecular complexity index is 545. The normalized spacial score (nSPS) is 26.2. The van der Waals surface area contributed by atoms with Gasteiger partial charge in [0.25, 0.3) is 0 Å². The van der Waals surface area contributed by atoms with Gasteiger partial charge in [0.2, 0.25) is 0 Å². The van der Waals surface area contributed by atoms with Gasteiger partial charge in [0.15, 0.2) is 0 Å². The van der Waals surface area contributed by atoms with Gasteiger partial charge in [-0.25, -0.2) is 0 Å². The van der Waals surface area contributed by atoms with Crippen molar-refractivity contribution >= 4 is 5.69 Å². The van der Waals surface area contributed by atoms with E-state index in [0.717, 1.165) is 25.3 Å². The highest BCUT2D eigenvalue weighted by molar-refractivity contribution is 5.56. The predicted octanol–water partition coefficient (Wildman–Crippen LogP) is 4.81. The third kappa shape index (κ3) is 3.49. The Kier molecular flexibility index (Phi) is 4.46. The summed E-state index contributed by atoms with van der Waals surface area (Å²) >= 11 is 0. The number of nitrogens with one attached hydrogen (secondary N) is 1. The fourth-order valence-corrected chi connectivity index (χ4v) is 2.96. The fraction of sp³-hybridized carbons (Fsp3) is 0.562. The molecule has 1 aliphatic carbocycles. The van der Waals surface area contributed by atoms with Gasteiger partial charge >= 0.3 is 6.18 Å². The van der Waals surface area contributed by atoms with Crippen LogP contribution < -0.4 is 5.32 Å². The molecular formula is C16H19F3N2. The Labute approximate surface area is 123 Å². The molecule has 1 fully saturated rings. The smallest absolute Gasteiger partial charge is 0.382 e. The molecule has 3 atom stereocenters. The minimum Gasteiger partial charge on any atom is -0.382 e. The van der Waals surface area contributed by atoms with Crippen molar-refractivity contribution in [2.75, 3.05) is 5.32 Å². The quantitative estimate of drug-likeness (QED) is 0.849. The average molecular weight is 296 g/mol. The maximum Gasteiger partial charge on any atom is 0.418 e. The van der Waals surface area contributed by atoms with Crippen LogP contribution in [0.5, 0.6) is 0 Å². The first-order valence-electron chi connectivity index (χ1n) is 7.21. The molecule has 3 unspecified atom stereocenters.